The first-order valence-electron chi connectivity index (χ1n) is 6.49. The summed E-state index contributed by atoms with van der Waals surface area (Å²) in [6.45, 7) is -0.0438. The van der Waals surface area contributed by atoms with Gasteiger partial charge in [0.1, 0.15) is 6.61 Å². The Hall–Kier alpha value is -1.60. The fourth-order valence-corrected chi connectivity index (χ4v) is 2.92. The van der Waals surface area contributed by atoms with Gasteiger partial charge in [-0.25, -0.2) is 17.9 Å². The highest BCUT2D eigenvalue weighted by molar-refractivity contribution is 7.89. The van der Waals surface area contributed by atoms with Crippen LogP contribution in [0.4, 0.5) is 0 Å². The fourth-order valence-electron chi connectivity index (χ4n) is 1.78. The molecular weight excluding hydrogens is 361 g/mol. The lowest BCUT2D eigenvalue weighted by Crippen LogP contribution is -2.19. The standard InChI is InChI=1S/C15H13Cl2NO4S/c1-18-23(20,21)11-6-7-14(17)12(8-11)15(19)22-9-10-4-2-3-5-13(10)16/h2-8,18H,9H2,1H3. The number of benzene rings is 2. The van der Waals surface area contributed by atoms with Crippen LogP contribution in [-0.2, 0) is 21.4 Å². The summed E-state index contributed by atoms with van der Waals surface area (Å²) in [5.41, 5.74) is 0.604. The van der Waals surface area contributed by atoms with Gasteiger partial charge in [0.2, 0.25) is 10.0 Å². The molecule has 0 amide bonds. The number of halogens is 2. The van der Waals surface area contributed by atoms with E-state index in [9.17, 15) is 13.2 Å². The molecule has 0 aromatic heterocycles. The summed E-state index contributed by atoms with van der Waals surface area (Å²) >= 11 is 11.9. The smallest absolute Gasteiger partial charge is 0.340 e. The summed E-state index contributed by atoms with van der Waals surface area (Å²) < 4.78 is 30.9. The number of carbonyl (C=O) groups excluding carboxylic acids is 1. The van der Waals surface area contributed by atoms with Crippen molar-refractivity contribution in [3.05, 3.63) is 63.6 Å². The Balaban J connectivity index is 2.22. The molecular formula is C15H13Cl2NO4S. The van der Waals surface area contributed by atoms with Crippen LogP contribution in [0.15, 0.2) is 47.4 Å². The van der Waals surface area contributed by atoms with E-state index in [1.54, 1.807) is 24.3 Å². The van der Waals surface area contributed by atoms with Crippen molar-refractivity contribution in [2.45, 2.75) is 11.5 Å². The first kappa shape index (κ1) is 17.7. The number of nitrogens with one attached hydrogen (secondary N) is 1. The van der Waals surface area contributed by atoms with E-state index < -0.39 is 16.0 Å². The zero-order valence-electron chi connectivity index (χ0n) is 12.0. The van der Waals surface area contributed by atoms with Gasteiger partial charge in [0, 0.05) is 10.6 Å². The van der Waals surface area contributed by atoms with Crippen LogP contribution in [0.2, 0.25) is 10.0 Å². The molecule has 0 spiro atoms. The molecule has 0 unspecified atom stereocenters. The molecule has 0 heterocycles. The summed E-state index contributed by atoms with van der Waals surface area (Å²) in [5, 5.41) is 0.571. The van der Waals surface area contributed by atoms with E-state index in [4.69, 9.17) is 27.9 Å². The highest BCUT2D eigenvalue weighted by Crippen LogP contribution is 2.22. The van der Waals surface area contributed by atoms with Crippen LogP contribution in [-0.4, -0.2) is 21.4 Å². The Kier molecular flexibility index (Phi) is 5.64. The number of ether oxygens (including phenoxy) is 1. The predicted octanol–water partition coefficient (Wildman–Crippen LogP) is 3.26. The highest BCUT2D eigenvalue weighted by atomic mass is 35.5. The summed E-state index contributed by atoms with van der Waals surface area (Å²) in [7, 11) is -2.41. The van der Waals surface area contributed by atoms with Crippen molar-refractivity contribution >= 4 is 39.2 Å². The fraction of sp³-hybridized carbons (Fsp3) is 0.133. The molecule has 0 aliphatic carbocycles. The van der Waals surface area contributed by atoms with E-state index in [2.05, 4.69) is 4.72 Å². The summed E-state index contributed by atoms with van der Waals surface area (Å²) in [5.74, 6) is -0.733. The maximum absolute atomic E-state index is 12.2. The largest absolute Gasteiger partial charge is 0.457 e. The van der Waals surface area contributed by atoms with E-state index in [0.717, 1.165) is 0 Å². The number of hydrogen-bond acceptors (Lipinski definition) is 4. The Morgan fingerprint density at radius 3 is 2.48 bits per heavy atom. The van der Waals surface area contributed by atoms with Gasteiger partial charge in [-0.1, -0.05) is 41.4 Å². The third kappa shape index (κ3) is 4.23. The molecule has 0 aliphatic heterocycles. The van der Waals surface area contributed by atoms with Crippen LogP contribution in [0.25, 0.3) is 0 Å². The topological polar surface area (TPSA) is 72.5 Å². The second-order valence-electron chi connectivity index (χ2n) is 4.52. The number of hydrogen-bond donors (Lipinski definition) is 1. The minimum Gasteiger partial charge on any atom is -0.457 e. The number of sulfonamides is 1. The molecule has 23 heavy (non-hydrogen) atoms. The highest BCUT2D eigenvalue weighted by Gasteiger charge is 2.18. The summed E-state index contributed by atoms with van der Waals surface area (Å²) in [4.78, 5) is 12.1. The molecule has 0 aliphatic rings. The van der Waals surface area contributed by atoms with Crippen LogP contribution >= 0.6 is 23.2 Å². The summed E-state index contributed by atoms with van der Waals surface area (Å²) in [6, 6.07) is 10.7. The van der Waals surface area contributed by atoms with Gasteiger partial charge >= 0.3 is 5.97 Å². The molecule has 0 saturated carbocycles. The van der Waals surface area contributed by atoms with Crippen LogP contribution in [0.1, 0.15) is 15.9 Å². The number of carbonyl (C=O) groups is 1. The Morgan fingerprint density at radius 2 is 1.83 bits per heavy atom. The van der Waals surface area contributed by atoms with Crippen molar-refractivity contribution < 1.29 is 17.9 Å². The predicted molar refractivity (Wildman–Crippen MR) is 88.3 cm³/mol. The minimum atomic E-state index is -3.68. The normalized spacial score (nSPS) is 11.3. The van der Waals surface area contributed by atoms with Gasteiger partial charge in [-0.15, -0.1) is 0 Å². The summed E-state index contributed by atoms with van der Waals surface area (Å²) in [6.07, 6.45) is 0. The second kappa shape index (κ2) is 7.31. The molecule has 0 saturated heterocycles. The van der Waals surface area contributed by atoms with E-state index in [-0.39, 0.29) is 22.1 Å². The first-order chi connectivity index (χ1) is 10.8. The second-order valence-corrected chi connectivity index (χ2v) is 7.22. The van der Waals surface area contributed by atoms with Crippen LogP contribution in [0.3, 0.4) is 0 Å². The van der Waals surface area contributed by atoms with Crippen molar-refractivity contribution in [3.63, 3.8) is 0 Å². The van der Waals surface area contributed by atoms with E-state index in [1.807, 2.05) is 0 Å². The third-order valence-electron chi connectivity index (χ3n) is 3.05. The molecule has 8 heteroatoms. The van der Waals surface area contributed by atoms with E-state index in [1.165, 1.54) is 25.2 Å². The van der Waals surface area contributed by atoms with Crippen LogP contribution < -0.4 is 4.72 Å². The lowest BCUT2D eigenvalue weighted by Gasteiger charge is -2.09. The van der Waals surface area contributed by atoms with Gasteiger partial charge in [0.15, 0.2) is 0 Å². The van der Waals surface area contributed by atoms with Gasteiger partial charge in [-0.05, 0) is 31.3 Å². The molecule has 5 nitrogen and oxygen atoms in total. The number of rotatable bonds is 5. The Bertz CT molecular complexity index is 837. The quantitative estimate of drug-likeness (QED) is 0.816. The molecule has 0 fully saturated rings. The lowest BCUT2D eigenvalue weighted by molar-refractivity contribution is 0.0473. The maximum Gasteiger partial charge on any atom is 0.340 e. The van der Waals surface area contributed by atoms with Gasteiger partial charge in [0.05, 0.1) is 15.5 Å². The molecule has 2 rings (SSSR count). The molecule has 1 N–H and O–H groups in total. The van der Waals surface area contributed by atoms with Gasteiger partial charge < -0.3 is 4.74 Å². The van der Waals surface area contributed by atoms with E-state index >= 15 is 0 Å². The number of esters is 1. The van der Waals surface area contributed by atoms with Crippen molar-refractivity contribution in [1.82, 2.24) is 4.72 Å². The first-order valence-corrected chi connectivity index (χ1v) is 8.72. The average Bonchev–Trinajstić information content (AvgIpc) is 2.54. The average molecular weight is 374 g/mol. The zero-order valence-corrected chi connectivity index (χ0v) is 14.4. The van der Waals surface area contributed by atoms with Crippen molar-refractivity contribution in [2.24, 2.45) is 0 Å². The van der Waals surface area contributed by atoms with Crippen molar-refractivity contribution in [1.29, 1.82) is 0 Å². The monoisotopic (exact) mass is 373 g/mol. The van der Waals surface area contributed by atoms with Crippen LogP contribution in [0.5, 0.6) is 0 Å². The van der Waals surface area contributed by atoms with Crippen molar-refractivity contribution in [3.8, 4) is 0 Å². The SMILES string of the molecule is CNS(=O)(=O)c1ccc(Cl)c(C(=O)OCc2ccccc2Cl)c1. The van der Waals surface area contributed by atoms with Crippen molar-refractivity contribution in [2.75, 3.05) is 7.05 Å². The van der Waals surface area contributed by atoms with Crippen LogP contribution in [0, 0.1) is 0 Å². The molecule has 0 atom stereocenters. The third-order valence-corrected chi connectivity index (χ3v) is 5.16. The Morgan fingerprint density at radius 1 is 1.13 bits per heavy atom. The zero-order chi connectivity index (χ0) is 17.0. The van der Waals surface area contributed by atoms with Gasteiger partial charge in [-0.2, -0.15) is 0 Å². The maximum atomic E-state index is 12.2. The van der Waals surface area contributed by atoms with Gasteiger partial charge in [0.25, 0.3) is 0 Å². The van der Waals surface area contributed by atoms with Gasteiger partial charge in [-0.3, -0.25) is 0 Å². The Labute approximate surface area is 144 Å². The molecule has 2 aromatic carbocycles. The minimum absolute atomic E-state index is 0.0324. The lowest BCUT2D eigenvalue weighted by atomic mass is 10.2. The molecule has 0 bridgehead atoms. The van der Waals surface area contributed by atoms with E-state index in [0.29, 0.717) is 10.6 Å². The molecule has 0 radical (unpaired) electrons. The molecule has 122 valence electrons. The molecule has 2 aromatic rings.